The van der Waals surface area contributed by atoms with E-state index < -0.39 is 15.9 Å². The summed E-state index contributed by atoms with van der Waals surface area (Å²) in [7, 11) is -4.00. The van der Waals surface area contributed by atoms with Gasteiger partial charge in [0, 0.05) is 11.4 Å². The van der Waals surface area contributed by atoms with Crippen LogP contribution in [0.15, 0.2) is 53.4 Å². The molecule has 0 radical (unpaired) electrons. The standard InChI is InChI=1S/C20H24ClNO3S/c1-3-5-7-16-8-12-18(13-9-16)22(20(23)6-4-2)26(24,25)19-14-10-17(21)11-15-19/h8-15H,3-7H2,1-2H3. The Kier molecular flexibility index (Phi) is 7.23. The highest BCUT2D eigenvalue weighted by atomic mass is 35.5. The monoisotopic (exact) mass is 393 g/mol. The Morgan fingerprint density at radius 3 is 2.12 bits per heavy atom. The van der Waals surface area contributed by atoms with Crippen molar-refractivity contribution in [3.8, 4) is 0 Å². The first-order valence-electron chi connectivity index (χ1n) is 8.82. The number of amides is 1. The molecule has 0 saturated carbocycles. The van der Waals surface area contributed by atoms with Crippen molar-refractivity contribution in [2.75, 3.05) is 4.31 Å². The molecule has 0 atom stereocenters. The zero-order valence-corrected chi connectivity index (χ0v) is 16.7. The van der Waals surface area contributed by atoms with E-state index in [4.69, 9.17) is 11.6 Å². The van der Waals surface area contributed by atoms with Crippen molar-refractivity contribution in [3.05, 3.63) is 59.1 Å². The van der Waals surface area contributed by atoms with E-state index in [0.29, 0.717) is 17.1 Å². The van der Waals surface area contributed by atoms with Crippen molar-refractivity contribution in [2.24, 2.45) is 0 Å². The van der Waals surface area contributed by atoms with Gasteiger partial charge in [0.15, 0.2) is 0 Å². The Labute approximate surface area is 160 Å². The molecule has 0 spiro atoms. The van der Waals surface area contributed by atoms with Crippen LogP contribution in [0.2, 0.25) is 5.02 Å². The summed E-state index contributed by atoms with van der Waals surface area (Å²) in [5.74, 6) is -0.441. The van der Waals surface area contributed by atoms with Gasteiger partial charge < -0.3 is 0 Å². The minimum absolute atomic E-state index is 0.0430. The van der Waals surface area contributed by atoms with E-state index in [1.165, 1.54) is 24.3 Å². The minimum atomic E-state index is -4.00. The van der Waals surface area contributed by atoms with E-state index in [9.17, 15) is 13.2 Å². The fraction of sp³-hybridized carbons (Fsp3) is 0.350. The summed E-state index contributed by atoms with van der Waals surface area (Å²) in [6.07, 6.45) is 3.82. The van der Waals surface area contributed by atoms with Crippen LogP contribution in [0, 0.1) is 0 Å². The molecule has 2 aromatic carbocycles. The number of carbonyl (C=O) groups is 1. The van der Waals surface area contributed by atoms with Crippen LogP contribution in [-0.2, 0) is 21.2 Å². The average molecular weight is 394 g/mol. The summed E-state index contributed by atoms with van der Waals surface area (Å²) >= 11 is 5.85. The molecular weight excluding hydrogens is 370 g/mol. The highest BCUT2D eigenvalue weighted by Gasteiger charge is 2.30. The molecule has 140 valence electrons. The van der Waals surface area contributed by atoms with Crippen LogP contribution >= 0.6 is 11.6 Å². The van der Waals surface area contributed by atoms with Gasteiger partial charge in [-0.05, 0) is 61.2 Å². The number of halogens is 1. The maximum absolute atomic E-state index is 13.1. The number of unbranched alkanes of at least 4 members (excludes halogenated alkanes) is 1. The Hall–Kier alpha value is -1.85. The third-order valence-corrected chi connectivity index (χ3v) is 6.05. The van der Waals surface area contributed by atoms with Gasteiger partial charge in [-0.25, -0.2) is 12.7 Å². The first-order valence-corrected chi connectivity index (χ1v) is 10.6. The van der Waals surface area contributed by atoms with Crippen LogP contribution in [0.4, 0.5) is 5.69 Å². The molecule has 26 heavy (non-hydrogen) atoms. The van der Waals surface area contributed by atoms with E-state index in [0.717, 1.165) is 29.1 Å². The fourth-order valence-corrected chi connectivity index (χ4v) is 4.20. The summed E-state index contributed by atoms with van der Waals surface area (Å²) in [6.45, 7) is 3.97. The largest absolute Gasteiger partial charge is 0.273 e. The molecule has 0 saturated heterocycles. The number of benzene rings is 2. The van der Waals surface area contributed by atoms with Crippen LogP contribution in [0.3, 0.4) is 0 Å². The lowest BCUT2D eigenvalue weighted by Gasteiger charge is -2.23. The highest BCUT2D eigenvalue weighted by Crippen LogP contribution is 2.26. The second kappa shape index (κ2) is 9.19. The zero-order valence-electron chi connectivity index (χ0n) is 15.1. The molecule has 0 aliphatic heterocycles. The van der Waals surface area contributed by atoms with E-state index >= 15 is 0 Å². The van der Waals surface area contributed by atoms with E-state index in [2.05, 4.69) is 6.92 Å². The number of aryl methyl sites for hydroxylation is 1. The number of hydrogen-bond acceptors (Lipinski definition) is 3. The maximum Gasteiger partial charge on any atom is 0.270 e. The molecule has 0 aliphatic carbocycles. The van der Waals surface area contributed by atoms with Crippen molar-refractivity contribution in [3.63, 3.8) is 0 Å². The topological polar surface area (TPSA) is 54.5 Å². The molecule has 2 rings (SSSR count). The fourth-order valence-electron chi connectivity index (χ4n) is 2.62. The van der Waals surface area contributed by atoms with Gasteiger partial charge in [-0.1, -0.05) is 44.0 Å². The molecule has 0 aromatic heterocycles. The van der Waals surface area contributed by atoms with E-state index in [-0.39, 0.29) is 11.3 Å². The van der Waals surface area contributed by atoms with Crippen molar-refractivity contribution in [2.45, 2.75) is 50.8 Å². The van der Waals surface area contributed by atoms with Crippen LogP contribution in [0.5, 0.6) is 0 Å². The van der Waals surface area contributed by atoms with Crippen molar-refractivity contribution in [1.82, 2.24) is 0 Å². The third-order valence-electron chi connectivity index (χ3n) is 4.03. The number of hydrogen-bond donors (Lipinski definition) is 0. The molecule has 0 unspecified atom stereocenters. The summed E-state index contributed by atoms with van der Waals surface area (Å²) in [6, 6.07) is 13.0. The van der Waals surface area contributed by atoms with Gasteiger partial charge in [-0.2, -0.15) is 0 Å². The Bertz CT molecular complexity index is 830. The highest BCUT2D eigenvalue weighted by molar-refractivity contribution is 7.93. The molecule has 0 fully saturated rings. The lowest BCUT2D eigenvalue weighted by atomic mass is 10.1. The molecule has 6 heteroatoms. The Morgan fingerprint density at radius 2 is 1.58 bits per heavy atom. The lowest BCUT2D eigenvalue weighted by molar-refractivity contribution is -0.117. The first kappa shape index (κ1) is 20.5. The summed E-state index contributed by atoms with van der Waals surface area (Å²) in [4.78, 5) is 12.7. The van der Waals surface area contributed by atoms with E-state index in [1.807, 2.05) is 19.1 Å². The van der Waals surface area contributed by atoms with Gasteiger partial charge in [-0.3, -0.25) is 4.79 Å². The number of anilines is 1. The Morgan fingerprint density at radius 1 is 0.962 bits per heavy atom. The molecule has 0 bridgehead atoms. The number of nitrogens with zero attached hydrogens (tertiary/aromatic N) is 1. The number of sulfonamides is 1. The van der Waals surface area contributed by atoms with Crippen molar-refractivity contribution in [1.29, 1.82) is 0 Å². The summed E-state index contributed by atoms with van der Waals surface area (Å²) in [5.41, 5.74) is 1.49. The van der Waals surface area contributed by atoms with E-state index in [1.54, 1.807) is 12.1 Å². The van der Waals surface area contributed by atoms with Crippen LogP contribution < -0.4 is 4.31 Å². The van der Waals surface area contributed by atoms with Crippen molar-refractivity contribution < 1.29 is 13.2 Å². The molecule has 2 aromatic rings. The summed E-state index contributed by atoms with van der Waals surface area (Å²) < 4.78 is 27.1. The summed E-state index contributed by atoms with van der Waals surface area (Å²) in [5, 5.41) is 0.440. The predicted octanol–water partition coefficient (Wildman–Crippen LogP) is 5.20. The smallest absolute Gasteiger partial charge is 0.270 e. The van der Waals surface area contributed by atoms with Crippen LogP contribution in [-0.4, -0.2) is 14.3 Å². The SMILES string of the molecule is CCCCc1ccc(N(C(=O)CCC)S(=O)(=O)c2ccc(Cl)cc2)cc1. The van der Waals surface area contributed by atoms with Gasteiger partial charge in [0.1, 0.15) is 0 Å². The van der Waals surface area contributed by atoms with Gasteiger partial charge >= 0.3 is 0 Å². The van der Waals surface area contributed by atoms with Crippen LogP contribution in [0.25, 0.3) is 0 Å². The maximum atomic E-state index is 13.1. The zero-order chi connectivity index (χ0) is 19.2. The van der Waals surface area contributed by atoms with Crippen LogP contribution in [0.1, 0.15) is 45.1 Å². The molecule has 0 aliphatic rings. The molecule has 0 N–H and O–H groups in total. The van der Waals surface area contributed by atoms with Gasteiger partial charge in [0.2, 0.25) is 5.91 Å². The number of rotatable bonds is 8. The number of carbonyl (C=O) groups excluding carboxylic acids is 1. The minimum Gasteiger partial charge on any atom is -0.273 e. The molecular formula is C20H24ClNO3S. The van der Waals surface area contributed by atoms with Crippen molar-refractivity contribution >= 4 is 33.2 Å². The van der Waals surface area contributed by atoms with Gasteiger partial charge in [0.25, 0.3) is 10.0 Å². The second-order valence-electron chi connectivity index (χ2n) is 6.14. The lowest BCUT2D eigenvalue weighted by Crippen LogP contribution is -2.36. The molecule has 1 amide bonds. The Balaban J connectivity index is 2.43. The second-order valence-corrected chi connectivity index (χ2v) is 8.36. The first-order chi connectivity index (χ1) is 12.4. The average Bonchev–Trinajstić information content (AvgIpc) is 2.61. The molecule has 0 heterocycles. The normalized spacial score (nSPS) is 11.3. The third kappa shape index (κ3) is 4.86. The van der Waals surface area contributed by atoms with Gasteiger partial charge in [-0.15, -0.1) is 0 Å². The predicted molar refractivity (Wildman–Crippen MR) is 106 cm³/mol. The van der Waals surface area contributed by atoms with Gasteiger partial charge in [0.05, 0.1) is 10.6 Å². The quantitative estimate of drug-likeness (QED) is 0.619. The molecule has 4 nitrogen and oxygen atoms in total.